The third kappa shape index (κ3) is 5.25. The summed E-state index contributed by atoms with van der Waals surface area (Å²) in [5.74, 6) is -0.899. The predicted octanol–water partition coefficient (Wildman–Crippen LogP) is 3.17. The Hall–Kier alpha value is -4.73. The Bertz CT molecular complexity index is 1210. The fourth-order valence-electron chi connectivity index (χ4n) is 2.68. The van der Waals surface area contributed by atoms with E-state index in [9.17, 15) is 19.7 Å². The van der Waals surface area contributed by atoms with Crippen molar-refractivity contribution >= 4 is 29.5 Å². The Kier molecular flexibility index (Phi) is 6.76. The second-order valence-electron chi connectivity index (χ2n) is 6.39. The molecule has 0 aliphatic carbocycles. The first kappa shape index (κ1) is 22.0. The summed E-state index contributed by atoms with van der Waals surface area (Å²) in [5, 5.41) is 14.8. The van der Waals surface area contributed by atoms with Crippen molar-refractivity contribution in [3.05, 3.63) is 93.5 Å². The van der Waals surface area contributed by atoms with E-state index in [0.717, 1.165) is 6.07 Å². The van der Waals surface area contributed by atoms with Gasteiger partial charge in [-0.2, -0.15) is 5.10 Å². The van der Waals surface area contributed by atoms with Gasteiger partial charge in [0.1, 0.15) is 0 Å². The van der Waals surface area contributed by atoms with E-state index in [2.05, 4.69) is 10.5 Å². The number of nitrogens with one attached hydrogen (secondary N) is 1. The highest BCUT2D eigenvalue weighted by molar-refractivity contribution is 5.99. The molecule has 0 unspecified atom stereocenters. The lowest BCUT2D eigenvalue weighted by Gasteiger charge is -2.10. The van der Waals surface area contributed by atoms with Crippen molar-refractivity contribution in [3.63, 3.8) is 0 Å². The Labute approximate surface area is 182 Å². The number of nitro benzene ring substituents is 1. The monoisotopic (exact) mass is 434 g/mol. The van der Waals surface area contributed by atoms with E-state index < -0.39 is 16.8 Å². The number of para-hydroxylation sites is 1. The van der Waals surface area contributed by atoms with Crippen molar-refractivity contribution < 1.29 is 24.0 Å². The van der Waals surface area contributed by atoms with Gasteiger partial charge >= 0.3 is 5.97 Å². The predicted molar refractivity (Wildman–Crippen MR) is 117 cm³/mol. The van der Waals surface area contributed by atoms with Gasteiger partial charge in [-0.1, -0.05) is 18.2 Å². The third-order valence-electron chi connectivity index (χ3n) is 4.27. The summed E-state index contributed by atoms with van der Waals surface area (Å²) in [4.78, 5) is 34.8. The largest absolute Gasteiger partial charge is 0.493 e. The summed E-state index contributed by atoms with van der Waals surface area (Å²) in [6.45, 7) is 0. The number of nitro groups is 1. The first-order valence-electron chi connectivity index (χ1n) is 9.21. The Morgan fingerprint density at radius 3 is 2.56 bits per heavy atom. The van der Waals surface area contributed by atoms with Crippen molar-refractivity contribution in [3.8, 4) is 11.5 Å². The number of benzene rings is 3. The standard InChI is InChI=1S/C22H18N4O6/c1-31-20-11-14(13-24-25-21(27)17-7-2-3-8-18(17)23)9-10-19(20)32-22(28)15-5-4-6-16(12-15)26(29)30/h2-13H,23H2,1H3,(H,25,27)/b24-13+. The highest BCUT2D eigenvalue weighted by Crippen LogP contribution is 2.28. The molecule has 0 bridgehead atoms. The van der Waals surface area contributed by atoms with Crippen LogP contribution in [0.3, 0.4) is 0 Å². The SMILES string of the molecule is COc1cc(/C=N/NC(=O)c2ccccc2N)ccc1OC(=O)c1cccc([N+](=O)[O-])c1. The molecule has 10 nitrogen and oxygen atoms in total. The minimum absolute atomic E-state index is 0.0230. The number of hydrogen-bond donors (Lipinski definition) is 2. The van der Waals surface area contributed by atoms with Crippen LogP contribution < -0.4 is 20.6 Å². The van der Waals surface area contributed by atoms with Crippen molar-refractivity contribution in [2.45, 2.75) is 0 Å². The Morgan fingerprint density at radius 1 is 1.06 bits per heavy atom. The average molecular weight is 434 g/mol. The van der Waals surface area contributed by atoms with E-state index in [1.807, 2.05) is 0 Å². The van der Waals surface area contributed by atoms with Gasteiger partial charge in [0.25, 0.3) is 11.6 Å². The molecule has 0 heterocycles. The number of esters is 1. The number of carbonyl (C=O) groups excluding carboxylic acids is 2. The molecule has 0 radical (unpaired) electrons. The number of methoxy groups -OCH3 is 1. The Balaban J connectivity index is 1.70. The van der Waals surface area contributed by atoms with E-state index in [-0.39, 0.29) is 22.7 Å². The molecule has 0 aromatic heterocycles. The molecule has 1 amide bonds. The van der Waals surface area contributed by atoms with Gasteiger partial charge in [0.15, 0.2) is 11.5 Å². The van der Waals surface area contributed by atoms with Crippen molar-refractivity contribution in [2.75, 3.05) is 12.8 Å². The fourth-order valence-corrected chi connectivity index (χ4v) is 2.68. The van der Waals surface area contributed by atoms with Crippen LogP contribution in [0, 0.1) is 10.1 Å². The molecule has 3 aromatic rings. The van der Waals surface area contributed by atoms with Crippen LogP contribution in [0.5, 0.6) is 11.5 Å². The number of amides is 1. The van der Waals surface area contributed by atoms with Crippen molar-refractivity contribution in [2.24, 2.45) is 5.10 Å². The van der Waals surface area contributed by atoms with Crippen LogP contribution in [0.1, 0.15) is 26.3 Å². The third-order valence-corrected chi connectivity index (χ3v) is 4.27. The van der Waals surface area contributed by atoms with Crippen LogP contribution in [-0.2, 0) is 0 Å². The smallest absolute Gasteiger partial charge is 0.343 e. The van der Waals surface area contributed by atoms with Crippen LogP contribution in [0.2, 0.25) is 0 Å². The lowest BCUT2D eigenvalue weighted by molar-refractivity contribution is -0.384. The molecule has 0 aliphatic rings. The fraction of sp³-hybridized carbons (Fsp3) is 0.0455. The van der Waals surface area contributed by atoms with Gasteiger partial charge in [-0.25, -0.2) is 10.2 Å². The number of anilines is 1. The Morgan fingerprint density at radius 2 is 1.84 bits per heavy atom. The molecular formula is C22H18N4O6. The van der Waals surface area contributed by atoms with E-state index >= 15 is 0 Å². The lowest BCUT2D eigenvalue weighted by atomic mass is 10.2. The number of nitrogen functional groups attached to an aromatic ring is 1. The minimum Gasteiger partial charge on any atom is -0.493 e. The molecule has 3 N–H and O–H groups in total. The number of carbonyl (C=O) groups is 2. The van der Waals surface area contributed by atoms with Gasteiger partial charge in [-0.3, -0.25) is 14.9 Å². The van der Waals surface area contributed by atoms with Gasteiger partial charge in [-0.15, -0.1) is 0 Å². The number of non-ortho nitro benzene ring substituents is 1. The van der Waals surface area contributed by atoms with E-state index in [4.69, 9.17) is 15.2 Å². The topological polar surface area (TPSA) is 146 Å². The zero-order valence-electron chi connectivity index (χ0n) is 16.8. The zero-order chi connectivity index (χ0) is 23.1. The maximum Gasteiger partial charge on any atom is 0.343 e. The number of hydrogen-bond acceptors (Lipinski definition) is 8. The molecule has 10 heteroatoms. The summed E-state index contributed by atoms with van der Waals surface area (Å²) in [7, 11) is 1.39. The maximum absolute atomic E-state index is 12.4. The normalized spacial score (nSPS) is 10.5. The maximum atomic E-state index is 12.4. The van der Waals surface area contributed by atoms with E-state index in [1.165, 1.54) is 37.6 Å². The van der Waals surface area contributed by atoms with Crippen LogP contribution in [0.15, 0.2) is 71.8 Å². The summed E-state index contributed by atoms with van der Waals surface area (Å²) in [5.41, 5.74) is 9.12. The van der Waals surface area contributed by atoms with Gasteiger partial charge in [0, 0.05) is 17.8 Å². The van der Waals surface area contributed by atoms with Crippen LogP contribution in [-0.4, -0.2) is 30.1 Å². The number of nitrogens with two attached hydrogens (primary N) is 1. The highest BCUT2D eigenvalue weighted by Gasteiger charge is 2.16. The molecule has 0 saturated heterocycles. The highest BCUT2D eigenvalue weighted by atomic mass is 16.6. The quantitative estimate of drug-likeness (QED) is 0.145. The molecule has 0 spiro atoms. The molecule has 3 aromatic carbocycles. The molecule has 32 heavy (non-hydrogen) atoms. The van der Waals surface area contributed by atoms with Gasteiger partial charge in [0.2, 0.25) is 0 Å². The summed E-state index contributed by atoms with van der Waals surface area (Å²) in [6, 6.07) is 16.4. The van der Waals surface area contributed by atoms with Gasteiger partial charge in [-0.05, 0) is 42.0 Å². The zero-order valence-corrected chi connectivity index (χ0v) is 16.8. The number of ether oxygens (including phenoxy) is 2. The number of hydrazone groups is 1. The first-order chi connectivity index (χ1) is 15.4. The summed E-state index contributed by atoms with van der Waals surface area (Å²) >= 11 is 0. The molecular weight excluding hydrogens is 416 g/mol. The van der Waals surface area contributed by atoms with Crippen LogP contribution >= 0.6 is 0 Å². The molecule has 0 atom stereocenters. The summed E-state index contributed by atoms with van der Waals surface area (Å²) in [6.07, 6.45) is 1.38. The molecule has 0 saturated carbocycles. The molecule has 3 rings (SSSR count). The van der Waals surface area contributed by atoms with Crippen LogP contribution in [0.25, 0.3) is 0 Å². The molecule has 0 fully saturated rings. The second-order valence-corrected chi connectivity index (χ2v) is 6.39. The van der Waals surface area contributed by atoms with Gasteiger partial charge in [0.05, 0.1) is 29.4 Å². The van der Waals surface area contributed by atoms with Crippen LogP contribution in [0.4, 0.5) is 11.4 Å². The van der Waals surface area contributed by atoms with Gasteiger partial charge < -0.3 is 15.2 Å². The second kappa shape index (κ2) is 9.85. The lowest BCUT2D eigenvalue weighted by Crippen LogP contribution is -2.19. The molecule has 0 aliphatic heterocycles. The average Bonchev–Trinajstić information content (AvgIpc) is 2.80. The van der Waals surface area contributed by atoms with Crippen molar-refractivity contribution in [1.82, 2.24) is 5.43 Å². The summed E-state index contributed by atoms with van der Waals surface area (Å²) < 4.78 is 10.6. The van der Waals surface area contributed by atoms with E-state index in [0.29, 0.717) is 16.8 Å². The minimum atomic E-state index is -0.777. The molecule has 162 valence electrons. The number of nitrogens with zero attached hydrogens (tertiary/aromatic N) is 2. The number of rotatable bonds is 7. The van der Waals surface area contributed by atoms with Crippen molar-refractivity contribution in [1.29, 1.82) is 0 Å². The van der Waals surface area contributed by atoms with E-state index in [1.54, 1.807) is 36.4 Å². The first-order valence-corrected chi connectivity index (χ1v) is 9.21.